The van der Waals surface area contributed by atoms with E-state index in [4.69, 9.17) is 4.74 Å². The SMILES string of the molecule is CC(C)CCC[C@@H](C)C1CCC2[C@@H]3CC=C4C[C@@H](OC(=O)CCC(=O)N(CCCN(C)C)CCCN(C)C)CC[C@]4(C)C3CC[C@@]21C. The summed E-state index contributed by atoms with van der Waals surface area (Å²) in [6.45, 7) is 15.9. The van der Waals surface area contributed by atoms with E-state index in [0.717, 1.165) is 93.8 Å². The highest BCUT2D eigenvalue weighted by Crippen LogP contribution is 2.67. The molecule has 3 saturated carbocycles. The summed E-state index contributed by atoms with van der Waals surface area (Å²) in [6.07, 6.45) is 18.9. The summed E-state index contributed by atoms with van der Waals surface area (Å²) >= 11 is 0. The first kappa shape index (κ1) is 38.4. The molecular weight excluding hydrogens is 582 g/mol. The standard InChI is InChI=1S/C41H73N3O3/c1-30(2)13-10-14-31(3)35-17-18-36-34-16-15-32-29-33(21-23-40(32,4)37(34)22-24-41(35,36)5)47-39(46)20-19-38(45)44(27-11-25-42(6)7)28-12-26-43(8)9/h15,30-31,33-37H,10-14,16-29H2,1-9H3/t31-,33+,34+,35?,36?,37?,40+,41-/m1/s1. The van der Waals surface area contributed by atoms with Gasteiger partial charge in [0.2, 0.25) is 5.91 Å². The van der Waals surface area contributed by atoms with Crippen molar-refractivity contribution in [2.24, 2.45) is 46.3 Å². The van der Waals surface area contributed by atoms with E-state index in [2.05, 4.69) is 78.7 Å². The van der Waals surface area contributed by atoms with Gasteiger partial charge in [0.25, 0.3) is 0 Å². The van der Waals surface area contributed by atoms with Crippen molar-refractivity contribution in [1.29, 1.82) is 0 Å². The highest BCUT2D eigenvalue weighted by molar-refractivity contribution is 5.81. The first-order valence-corrected chi connectivity index (χ1v) is 19.7. The molecule has 0 aliphatic heterocycles. The van der Waals surface area contributed by atoms with Gasteiger partial charge in [0.15, 0.2) is 0 Å². The number of ether oxygens (including phenoxy) is 1. The highest BCUT2D eigenvalue weighted by atomic mass is 16.5. The normalized spacial score (nSPS) is 32.5. The smallest absolute Gasteiger partial charge is 0.306 e. The van der Waals surface area contributed by atoms with Gasteiger partial charge in [-0.05, 0) is 145 Å². The summed E-state index contributed by atoms with van der Waals surface area (Å²) in [4.78, 5) is 32.5. The van der Waals surface area contributed by atoms with Crippen molar-refractivity contribution in [2.75, 3.05) is 54.4 Å². The lowest BCUT2D eigenvalue weighted by Gasteiger charge is -2.58. The summed E-state index contributed by atoms with van der Waals surface area (Å²) < 4.78 is 6.09. The maximum Gasteiger partial charge on any atom is 0.306 e. The molecule has 0 bridgehead atoms. The zero-order chi connectivity index (χ0) is 34.4. The van der Waals surface area contributed by atoms with Gasteiger partial charge in [-0.25, -0.2) is 0 Å². The van der Waals surface area contributed by atoms with Crippen LogP contribution in [0.25, 0.3) is 0 Å². The van der Waals surface area contributed by atoms with Crippen molar-refractivity contribution < 1.29 is 14.3 Å². The average molecular weight is 656 g/mol. The quantitative estimate of drug-likeness (QED) is 0.116. The number of fused-ring (bicyclic) bond motifs is 5. The van der Waals surface area contributed by atoms with E-state index in [9.17, 15) is 9.59 Å². The molecule has 0 aromatic heterocycles. The fourth-order valence-electron chi connectivity index (χ4n) is 10.9. The molecule has 0 N–H and O–H groups in total. The first-order valence-electron chi connectivity index (χ1n) is 19.7. The topological polar surface area (TPSA) is 53.1 Å². The molecular formula is C41H73N3O3. The zero-order valence-electron chi connectivity index (χ0n) is 32.1. The molecule has 6 heteroatoms. The second kappa shape index (κ2) is 17.0. The minimum absolute atomic E-state index is 0.0406. The van der Waals surface area contributed by atoms with Crippen LogP contribution in [0, 0.1) is 46.3 Å². The molecule has 1 amide bonds. The third-order valence-electron chi connectivity index (χ3n) is 13.5. The molecule has 47 heavy (non-hydrogen) atoms. The van der Waals surface area contributed by atoms with Crippen molar-refractivity contribution >= 4 is 11.9 Å². The highest BCUT2D eigenvalue weighted by Gasteiger charge is 2.59. The van der Waals surface area contributed by atoms with E-state index in [0.29, 0.717) is 5.41 Å². The molecule has 0 heterocycles. The number of esters is 1. The number of amides is 1. The molecule has 4 aliphatic rings. The zero-order valence-corrected chi connectivity index (χ0v) is 32.1. The molecule has 4 aliphatic carbocycles. The lowest BCUT2D eigenvalue weighted by atomic mass is 9.47. The van der Waals surface area contributed by atoms with E-state index >= 15 is 0 Å². The molecule has 3 fully saturated rings. The molecule has 6 nitrogen and oxygen atoms in total. The fourth-order valence-corrected chi connectivity index (χ4v) is 10.9. The molecule has 0 spiro atoms. The van der Waals surface area contributed by atoms with Crippen LogP contribution in [0.1, 0.15) is 131 Å². The van der Waals surface area contributed by atoms with Crippen LogP contribution >= 0.6 is 0 Å². The van der Waals surface area contributed by atoms with Crippen LogP contribution in [0.3, 0.4) is 0 Å². The Kier molecular flexibility index (Phi) is 13.9. The van der Waals surface area contributed by atoms with Gasteiger partial charge in [-0.15, -0.1) is 0 Å². The van der Waals surface area contributed by atoms with E-state index in [1.165, 1.54) is 51.4 Å². The predicted molar refractivity (Wildman–Crippen MR) is 195 cm³/mol. The van der Waals surface area contributed by atoms with Gasteiger partial charge < -0.3 is 19.4 Å². The van der Waals surface area contributed by atoms with Crippen LogP contribution in [0.4, 0.5) is 0 Å². The third kappa shape index (κ3) is 9.65. The van der Waals surface area contributed by atoms with Crippen LogP contribution in [-0.4, -0.2) is 87.0 Å². The number of hydrogen-bond donors (Lipinski definition) is 0. The van der Waals surface area contributed by atoms with Crippen molar-refractivity contribution in [3.05, 3.63) is 11.6 Å². The Hall–Kier alpha value is -1.40. The van der Waals surface area contributed by atoms with Gasteiger partial charge in [0.1, 0.15) is 6.10 Å². The van der Waals surface area contributed by atoms with Gasteiger partial charge >= 0.3 is 5.97 Å². The van der Waals surface area contributed by atoms with E-state index in [1.807, 2.05) is 4.90 Å². The van der Waals surface area contributed by atoms with Gasteiger partial charge in [0, 0.05) is 25.9 Å². The Morgan fingerprint density at radius 3 is 2.15 bits per heavy atom. The van der Waals surface area contributed by atoms with Gasteiger partial charge in [-0.3, -0.25) is 9.59 Å². The number of hydrogen-bond acceptors (Lipinski definition) is 5. The Morgan fingerprint density at radius 1 is 0.830 bits per heavy atom. The molecule has 4 rings (SSSR count). The van der Waals surface area contributed by atoms with Crippen molar-refractivity contribution in [1.82, 2.24) is 14.7 Å². The van der Waals surface area contributed by atoms with E-state index < -0.39 is 0 Å². The molecule has 3 unspecified atom stereocenters. The van der Waals surface area contributed by atoms with Gasteiger partial charge in [-0.1, -0.05) is 65.5 Å². The largest absolute Gasteiger partial charge is 0.462 e. The number of rotatable bonds is 17. The maximum atomic E-state index is 13.2. The lowest BCUT2D eigenvalue weighted by molar-refractivity contribution is -0.153. The van der Waals surface area contributed by atoms with Gasteiger partial charge in [-0.2, -0.15) is 0 Å². The second-order valence-electron chi connectivity index (χ2n) is 17.8. The monoisotopic (exact) mass is 656 g/mol. The Labute approximate surface area is 289 Å². The summed E-state index contributed by atoms with van der Waals surface area (Å²) in [5, 5.41) is 0. The number of carbonyl (C=O) groups is 2. The van der Waals surface area contributed by atoms with E-state index in [-0.39, 0.29) is 36.2 Å². The Morgan fingerprint density at radius 2 is 1.51 bits per heavy atom. The number of nitrogens with zero attached hydrogens (tertiary/aromatic N) is 3. The summed E-state index contributed by atoms with van der Waals surface area (Å²) in [7, 11) is 8.26. The molecule has 0 radical (unpaired) electrons. The summed E-state index contributed by atoms with van der Waals surface area (Å²) in [6, 6.07) is 0. The fraction of sp³-hybridized carbons (Fsp3) is 0.902. The van der Waals surface area contributed by atoms with Crippen LogP contribution in [0.15, 0.2) is 11.6 Å². The van der Waals surface area contributed by atoms with Crippen molar-refractivity contribution in [2.45, 2.75) is 137 Å². The number of allylic oxidation sites excluding steroid dienone is 1. The second-order valence-corrected chi connectivity index (χ2v) is 17.8. The minimum Gasteiger partial charge on any atom is -0.462 e. The Balaban J connectivity index is 1.29. The predicted octanol–water partition coefficient (Wildman–Crippen LogP) is 8.45. The van der Waals surface area contributed by atoms with Crippen molar-refractivity contribution in [3.8, 4) is 0 Å². The first-order chi connectivity index (χ1) is 22.2. The van der Waals surface area contributed by atoms with Crippen LogP contribution in [0.5, 0.6) is 0 Å². The molecule has 0 saturated heterocycles. The summed E-state index contributed by atoms with van der Waals surface area (Å²) in [5.41, 5.74) is 2.33. The minimum atomic E-state index is -0.198. The van der Waals surface area contributed by atoms with E-state index in [1.54, 1.807) is 5.57 Å². The van der Waals surface area contributed by atoms with Crippen LogP contribution in [-0.2, 0) is 14.3 Å². The lowest BCUT2D eigenvalue weighted by Crippen LogP contribution is -2.51. The molecule has 0 aromatic rings. The maximum absolute atomic E-state index is 13.2. The summed E-state index contributed by atoms with van der Waals surface area (Å²) in [5.74, 6) is 4.90. The number of carbonyl (C=O) groups excluding carboxylic acids is 2. The van der Waals surface area contributed by atoms with Crippen LogP contribution in [0.2, 0.25) is 0 Å². The van der Waals surface area contributed by atoms with Gasteiger partial charge in [0.05, 0.1) is 6.42 Å². The molecule has 0 aromatic carbocycles. The average Bonchev–Trinajstić information content (AvgIpc) is 3.36. The molecule has 8 atom stereocenters. The van der Waals surface area contributed by atoms with Crippen molar-refractivity contribution in [3.63, 3.8) is 0 Å². The van der Waals surface area contributed by atoms with Crippen LogP contribution < -0.4 is 0 Å². The molecule has 270 valence electrons. The Bertz CT molecular complexity index is 1040. The third-order valence-corrected chi connectivity index (χ3v) is 13.5.